The second kappa shape index (κ2) is 7.37. The number of alkyl halides is 3. The maximum Gasteiger partial charge on any atom is 0.416 e. The molecule has 1 aromatic heterocycles. The van der Waals surface area contributed by atoms with Crippen LogP contribution in [0.2, 0.25) is 0 Å². The van der Waals surface area contributed by atoms with Crippen molar-refractivity contribution in [3.8, 4) is 5.75 Å². The smallest absolute Gasteiger partial charge is 0.416 e. The lowest BCUT2D eigenvalue weighted by molar-refractivity contribution is -0.137. The summed E-state index contributed by atoms with van der Waals surface area (Å²) in [6.45, 7) is 2.98. The van der Waals surface area contributed by atoms with Crippen molar-refractivity contribution in [3.05, 3.63) is 59.4 Å². The summed E-state index contributed by atoms with van der Waals surface area (Å²) in [7, 11) is 1.57. The first-order chi connectivity index (χ1) is 12.4. The average Bonchev–Trinajstić information content (AvgIpc) is 2.95. The van der Waals surface area contributed by atoms with Gasteiger partial charge in [0.2, 0.25) is 0 Å². The zero-order valence-corrected chi connectivity index (χ0v) is 14.5. The summed E-state index contributed by atoms with van der Waals surface area (Å²) in [6.07, 6.45) is -4.40. The van der Waals surface area contributed by atoms with E-state index in [2.05, 4.69) is 4.98 Å². The third-order valence-electron chi connectivity index (χ3n) is 4.12. The number of hydrogen-bond acceptors (Lipinski definition) is 3. The molecule has 0 radical (unpaired) electrons. The van der Waals surface area contributed by atoms with E-state index in [0.717, 1.165) is 17.7 Å². The van der Waals surface area contributed by atoms with Crippen molar-refractivity contribution in [1.82, 2.24) is 9.55 Å². The highest BCUT2D eigenvalue weighted by atomic mass is 19.4. The molecule has 3 aromatic rings. The molecule has 3 rings (SSSR count). The Morgan fingerprint density at radius 1 is 1.12 bits per heavy atom. The van der Waals surface area contributed by atoms with Crippen molar-refractivity contribution in [3.63, 3.8) is 0 Å². The molecule has 0 bridgehead atoms. The molecule has 2 aromatic carbocycles. The van der Waals surface area contributed by atoms with Gasteiger partial charge in [0.05, 0.1) is 23.2 Å². The maximum atomic E-state index is 13.0. The molecule has 0 N–H and O–H groups in total. The Morgan fingerprint density at radius 2 is 1.88 bits per heavy atom. The van der Waals surface area contributed by atoms with Crippen molar-refractivity contribution in [2.45, 2.75) is 26.3 Å². The van der Waals surface area contributed by atoms with Crippen LogP contribution in [0.1, 0.15) is 17.0 Å². The van der Waals surface area contributed by atoms with Crippen LogP contribution < -0.4 is 4.74 Å². The average molecular weight is 364 g/mol. The number of ether oxygens (including phenoxy) is 2. The summed E-state index contributed by atoms with van der Waals surface area (Å²) in [6, 6.07) is 11.1. The number of hydrogen-bond donors (Lipinski definition) is 0. The molecule has 26 heavy (non-hydrogen) atoms. The normalized spacial score (nSPS) is 11.9. The van der Waals surface area contributed by atoms with Crippen LogP contribution in [0, 0.1) is 6.92 Å². The summed E-state index contributed by atoms with van der Waals surface area (Å²) < 4.78 is 51.6. The highest BCUT2D eigenvalue weighted by molar-refractivity contribution is 5.77. The molecule has 4 nitrogen and oxygen atoms in total. The van der Waals surface area contributed by atoms with E-state index >= 15 is 0 Å². The fourth-order valence-electron chi connectivity index (χ4n) is 2.76. The first kappa shape index (κ1) is 18.3. The molecular formula is C19H19F3N2O2. The predicted octanol–water partition coefficient (Wildman–Crippen LogP) is 4.59. The summed E-state index contributed by atoms with van der Waals surface area (Å²) in [4.78, 5) is 4.37. The molecule has 0 aliphatic carbocycles. The monoisotopic (exact) mass is 364 g/mol. The number of halogens is 3. The molecule has 0 saturated carbocycles. The first-order valence-electron chi connectivity index (χ1n) is 8.14. The molecule has 0 aliphatic heterocycles. The molecular weight excluding hydrogens is 345 g/mol. The highest BCUT2D eigenvalue weighted by Gasteiger charge is 2.31. The number of benzene rings is 2. The zero-order valence-electron chi connectivity index (χ0n) is 14.5. The molecule has 0 unspecified atom stereocenters. The minimum Gasteiger partial charge on any atom is -0.485 e. The summed E-state index contributed by atoms with van der Waals surface area (Å²) in [5.41, 5.74) is 1.18. The van der Waals surface area contributed by atoms with E-state index in [4.69, 9.17) is 9.47 Å². The van der Waals surface area contributed by atoms with Crippen LogP contribution in [-0.2, 0) is 24.1 Å². The number of nitrogens with zero attached hydrogens (tertiary/aromatic N) is 2. The molecule has 7 heteroatoms. The van der Waals surface area contributed by atoms with E-state index in [1.54, 1.807) is 7.11 Å². The topological polar surface area (TPSA) is 36.3 Å². The third kappa shape index (κ3) is 3.83. The number of aryl methyl sites for hydroxylation is 1. The summed E-state index contributed by atoms with van der Waals surface area (Å²) in [5, 5.41) is 0. The van der Waals surface area contributed by atoms with E-state index in [1.165, 1.54) is 6.07 Å². The van der Waals surface area contributed by atoms with Crippen molar-refractivity contribution in [1.29, 1.82) is 0 Å². The Labute approximate surface area is 149 Å². The lowest BCUT2D eigenvalue weighted by atomic mass is 10.2. The lowest BCUT2D eigenvalue weighted by Crippen LogP contribution is -2.11. The Bertz CT molecular complexity index is 903. The number of para-hydroxylation sites is 1. The number of rotatable bonds is 6. The molecule has 0 amide bonds. The van der Waals surface area contributed by atoms with Gasteiger partial charge in [-0.15, -0.1) is 0 Å². The molecule has 0 fully saturated rings. The molecule has 0 aliphatic rings. The van der Waals surface area contributed by atoms with E-state index in [1.807, 2.05) is 35.8 Å². The number of aromatic nitrogens is 2. The van der Waals surface area contributed by atoms with E-state index in [0.29, 0.717) is 35.8 Å². The van der Waals surface area contributed by atoms with Gasteiger partial charge in [0.25, 0.3) is 0 Å². The predicted molar refractivity (Wildman–Crippen MR) is 92.1 cm³/mol. The second-order valence-electron chi connectivity index (χ2n) is 5.93. The maximum absolute atomic E-state index is 13.0. The first-order valence-corrected chi connectivity index (χ1v) is 8.14. The second-order valence-corrected chi connectivity index (χ2v) is 5.93. The van der Waals surface area contributed by atoms with Crippen LogP contribution in [0.4, 0.5) is 13.2 Å². The summed E-state index contributed by atoms with van der Waals surface area (Å²) in [5.74, 6) is 1.27. The van der Waals surface area contributed by atoms with Gasteiger partial charge < -0.3 is 14.0 Å². The fourth-order valence-corrected chi connectivity index (χ4v) is 2.76. The van der Waals surface area contributed by atoms with Crippen LogP contribution in [0.25, 0.3) is 11.0 Å². The van der Waals surface area contributed by atoms with Gasteiger partial charge in [0, 0.05) is 13.7 Å². The Hall–Kier alpha value is -2.54. The van der Waals surface area contributed by atoms with Gasteiger partial charge in [-0.25, -0.2) is 4.98 Å². The van der Waals surface area contributed by atoms with Crippen molar-refractivity contribution in [2.75, 3.05) is 13.7 Å². The number of methoxy groups -OCH3 is 1. The molecule has 0 atom stereocenters. The van der Waals surface area contributed by atoms with Gasteiger partial charge >= 0.3 is 6.18 Å². The van der Waals surface area contributed by atoms with E-state index < -0.39 is 11.7 Å². The van der Waals surface area contributed by atoms with E-state index in [9.17, 15) is 13.2 Å². The molecule has 0 spiro atoms. The number of imidazole rings is 1. The van der Waals surface area contributed by atoms with E-state index in [-0.39, 0.29) is 6.61 Å². The standard InChI is InChI=1S/C19H19F3N2O2/c1-13-5-3-4-6-17(13)26-12-18-23-15-11-14(19(20,21)22)7-8-16(15)24(18)9-10-25-2/h3-8,11H,9-10,12H2,1-2H3. The molecule has 138 valence electrons. The van der Waals surface area contributed by atoms with Gasteiger partial charge in [-0.3, -0.25) is 0 Å². The van der Waals surface area contributed by atoms with Crippen LogP contribution >= 0.6 is 0 Å². The van der Waals surface area contributed by atoms with Crippen molar-refractivity contribution >= 4 is 11.0 Å². The number of fused-ring (bicyclic) bond motifs is 1. The summed E-state index contributed by atoms with van der Waals surface area (Å²) >= 11 is 0. The SMILES string of the molecule is COCCn1c(COc2ccccc2C)nc2cc(C(F)(F)F)ccc21. The minimum atomic E-state index is -4.40. The lowest BCUT2D eigenvalue weighted by Gasteiger charge is -2.11. The largest absolute Gasteiger partial charge is 0.485 e. The van der Waals surface area contributed by atoms with Crippen LogP contribution in [0.5, 0.6) is 5.75 Å². The molecule has 1 heterocycles. The van der Waals surface area contributed by atoms with Gasteiger partial charge in [-0.1, -0.05) is 18.2 Å². The third-order valence-corrected chi connectivity index (χ3v) is 4.12. The fraction of sp³-hybridized carbons (Fsp3) is 0.316. The molecule has 0 saturated heterocycles. The van der Waals surface area contributed by atoms with Gasteiger partial charge in [-0.05, 0) is 36.8 Å². The van der Waals surface area contributed by atoms with Crippen molar-refractivity contribution < 1.29 is 22.6 Å². The minimum absolute atomic E-state index is 0.157. The Morgan fingerprint density at radius 3 is 2.58 bits per heavy atom. The Kier molecular flexibility index (Phi) is 5.18. The van der Waals surface area contributed by atoms with Crippen LogP contribution in [-0.4, -0.2) is 23.3 Å². The zero-order chi connectivity index (χ0) is 18.7. The van der Waals surface area contributed by atoms with Crippen LogP contribution in [0.3, 0.4) is 0 Å². The van der Waals surface area contributed by atoms with Crippen LogP contribution in [0.15, 0.2) is 42.5 Å². The quantitative estimate of drug-likeness (QED) is 0.642. The van der Waals surface area contributed by atoms with Gasteiger partial charge in [0.15, 0.2) is 0 Å². The van der Waals surface area contributed by atoms with Crippen molar-refractivity contribution in [2.24, 2.45) is 0 Å². The van der Waals surface area contributed by atoms with Gasteiger partial charge in [-0.2, -0.15) is 13.2 Å². The Balaban J connectivity index is 1.95. The highest BCUT2D eigenvalue weighted by Crippen LogP contribution is 2.31. The van der Waals surface area contributed by atoms with Gasteiger partial charge in [0.1, 0.15) is 18.2 Å².